The first-order valence-corrected chi connectivity index (χ1v) is 8.92. The summed E-state index contributed by atoms with van der Waals surface area (Å²) in [4.78, 5) is 18.8. The van der Waals surface area contributed by atoms with E-state index in [1.807, 2.05) is 31.9 Å². The van der Waals surface area contributed by atoms with Crippen LogP contribution >= 0.6 is 11.8 Å². The van der Waals surface area contributed by atoms with Crippen LogP contribution in [0.4, 0.5) is 0 Å². The summed E-state index contributed by atoms with van der Waals surface area (Å²) in [5.74, 6) is 0.163. The van der Waals surface area contributed by atoms with Crippen molar-refractivity contribution in [1.82, 2.24) is 14.5 Å². The average Bonchev–Trinajstić information content (AvgIpc) is 2.98. The molecule has 0 aliphatic rings. The molecule has 1 aromatic carbocycles. The third-order valence-corrected chi connectivity index (χ3v) is 5.00. The number of amides is 1. The standard InChI is InChI=1S/C18H25N3OS/c1-6-20(7-2)17(22)15(5)23-18-19-10-11-21(18)16-12-13(3)8-9-14(16)4/h8-12,15H,6-7H2,1-5H3. The molecule has 0 bridgehead atoms. The largest absolute Gasteiger partial charge is 0.342 e. The molecule has 0 saturated carbocycles. The number of carbonyl (C=O) groups excluding carboxylic acids is 1. The normalized spacial score (nSPS) is 12.2. The Morgan fingerprint density at radius 1 is 1.30 bits per heavy atom. The minimum atomic E-state index is -0.152. The molecular formula is C18H25N3OS. The fourth-order valence-electron chi connectivity index (χ4n) is 2.54. The minimum Gasteiger partial charge on any atom is -0.342 e. The van der Waals surface area contributed by atoms with Crippen LogP contribution in [0.15, 0.2) is 35.7 Å². The topological polar surface area (TPSA) is 38.1 Å². The van der Waals surface area contributed by atoms with E-state index < -0.39 is 0 Å². The zero-order chi connectivity index (χ0) is 17.0. The van der Waals surface area contributed by atoms with Crippen LogP contribution in [0.25, 0.3) is 5.69 Å². The number of carbonyl (C=O) groups is 1. The van der Waals surface area contributed by atoms with Crippen molar-refractivity contribution in [3.63, 3.8) is 0 Å². The fraction of sp³-hybridized carbons (Fsp3) is 0.444. The summed E-state index contributed by atoms with van der Waals surface area (Å²) in [5.41, 5.74) is 3.52. The van der Waals surface area contributed by atoms with Crippen LogP contribution in [-0.2, 0) is 4.79 Å². The molecule has 2 aromatic rings. The van der Waals surface area contributed by atoms with Gasteiger partial charge in [0.2, 0.25) is 5.91 Å². The van der Waals surface area contributed by atoms with E-state index in [0.29, 0.717) is 0 Å². The van der Waals surface area contributed by atoms with Crippen molar-refractivity contribution in [1.29, 1.82) is 0 Å². The van der Waals surface area contributed by atoms with E-state index in [9.17, 15) is 4.79 Å². The first-order chi connectivity index (χ1) is 11.0. The lowest BCUT2D eigenvalue weighted by Crippen LogP contribution is -2.36. The predicted molar refractivity (Wildman–Crippen MR) is 96.3 cm³/mol. The highest BCUT2D eigenvalue weighted by molar-refractivity contribution is 8.00. The van der Waals surface area contributed by atoms with Crippen LogP contribution in [0.2, 0.25) is 0 Å². The number of aromatic nitrogens is 2. The number of hydrogen-bond donors (Lipinski definition) is 0. The first-order valence-electron chi connectivity index (χ1n) is 8.04. The zero-order valence-electron chi connectivity index (χ0n) is 14.5. The van der Waals surface area contributed by atoms with Gasteiger partial charge in [-0.3, -0.25) is 9.36 Å². The van der Waals surface area contributed by atoms with Crippen molar-refractivity contribution in [2.75, 3.05) is 13.1 Å². The van der Waals surface area contributed by atoms with Crippen molar-refractivity contribution < 1.29 is 4.79 Å². The Bertz CT molecular complexity index is 677. The van der Waals surface area contributed by atoms with E-state index in [0.717, 1.165) is 23.9 Å². The molecule has 0 spiro atoms. The Balaban J connectivity index is 2.25. The van der Waals surface area contributed by atoms with Crippen LogP contribution in [-0.4, -0.2) is 38.7 Å². The van der Waals surface area contributed by atoms with E-state index in [-0.39, 0.29) is 11.2 Å². The van der Waals surface area contributed by atoms with Gasteiger partial charge in [-0.25, -0.2) is 4.98 Å². The van der Waals surface area contributed by atoms with E-state index >= 15 is 0 Å². The van der Waals surface area contributed by atoms with Crippen molar-refractivity contribution in [2.45, 2.75) is 45.0 Å². The Hall–Kier alpha value is -1.75. The Kier molecular flexibility index (Phi) is 5.88. The SMILES string of the molecule is CCN(CC)C(=O)C(C)Sc1nccn1-c1cc(C)ccc1C. The van der Waals surface area contributed by atoms with Gasteiger partial charge >= 0.3 is 0 Å². The van der Waals surface area contributed by atoms with Gasteiger partial charge in [0.15, 0.2) is 5.16 Å². The molecule has 0 aliphatic carbocycles. The number of imidazole rings is 1. The maximum Gasteiger partial charge on any atom is 0.235 e. The molecule has 1 unspecified atom stereocenters. The molecule has 23 heavy (non-hydrogen) atoms. The van der Waals surface area contributed by atoms with Crippen molar-refractivity contribution in [3.8, 4) is 5.69 Å². The number of nitrogens with zero attached hydrogens (tertiary/aromatic N) is 3. The first kappa shape index (κ1) is 17.6. The van der Waals surface area contributed by atoms with Gasteiger partial charge in [0, 0.05) is 25.5 Å². The quantitative estimate of drug-likeness (QED) is 0.755. The smallest absolute Gasteiger partial charge is 0.235 e. The van der Waals surface area contributed by atoms with Crippen LogP contribution in [0.5, 0.6) is 0 Å². The summed E-state index contributed by atoms with van der Waals surface area (Å²) < 4.78 is 2.07. The van der Waals surface area contributed by atoms with E-state index in [4.69, 9.17) is 0 Å². The second-order valence-electron chi connectivity index (χ2n) is 5.64. The average molecular weight is 331 g/mol. The van der Waals surface area contributed by atoms with Gasteiger partial charge in [-0.15, -0.1) is 0 Å². The monoisotopic (exact) mass is 331 g/mol. The molecule has 124 valence electrons. The van der Waals surface area contributed by atoms with Gasteiger partial charge < -0.3 is 4.90 Å². The van der Waals surface area contributed by atoms with Crippen LogP contribution in [0.1, 0.15) is 31.9 Å². The number of benzene rings is 1. The summed E-state index contributed by atoms with van der Waals surface area (Å²) in [7, 11) is 0. The molecule has 5 heteroatoms. The fourth-order valence-corrected chi connectivity index (χ4v) is 3.50. The molecule has 1 aromatic heterocycles. The van der Waals surface area contributed by atoms with Gasteiger partial charge in [0.25, 0.3) is 0 Å². The molecular weight excluding hydrogens is 306 g/mol. The molecule has 1 heterocycles. The molecule has 1 amide bonds. The summed E-state index contributed by atoms with van der Waals surface area (Å²) in [5, 5.41) is 0.702. The number of aryl methyl sites for hydroxylation is 2. The highest BCUT2D eigenvalue weighted by atomic mass is 32.2. The molecule has 0 aliphatic heterocycles. The molecule has 0 radical (unpaired) electrons. The third-order valence-electron chi connectivity index (χ3n) is 3.94. The van der Waals surface area contributed by atoms with Crippen LogP contribution in [0, 0.1) is 13.8 Å². The summed E-state index contributed by atoms with van der Waals surface area (Å²) >= 11 is 1.51. The van der Waals surface area contributed by atoms with E-state index in [2.05, 4.69) is 41.6 Å². The highest BCUT2D eigenvalue weighted by Gasteiger charge is 2.21. The Morgan fingerprint density at radius 3 is 2.65 bits per heavy atom. The lowest BCUT2D eigenvalue weighted by atomic mass is 10.1. The molecule has 4 nitrogen and oxygen atoms in total. The van der Waals surface area contributed by atoms with Gasteiger partial charge in [0.1, 0.15) is 0 Å². The van der Waals surface area contributed by atoms with Gasteiger partial charge in [0.05, 0.1) is 10.9 Å². The molecule has 0 fully saturated rings. The van der Waals surface area contributed by atoms with E-state index in [1.54, 1.807) is 6.20 Å². The maximum absolute atomic E-state index is 12.5. The Labute approximate surface area is 142 Å². The number of thioether (sulfide) groups is 1. The second-order valence-corrected chi connectivity index (χ2v) is 6.95. The minimum absolute atomic E-state index is 0.152. The number of rotatable bonds is 6. The molecule has 2 rings (SSSR count). The van der Waals surface area contributed by atoms with Gasteiger partial charge in [-0.05, 0) is 51.8 Å². The lowest BCUT2D eigenvalue weighted by molar-refractivity contribution is -0.129. The summed E-state index contributed by atoms with van der Waals surface area (Å²) in [6.07, 6.45) is 3.75. The molecule has 0 N–H and O–H groups in total. The van der Waals surface area contributed by atoms with Gasteiger partial charge in [-0.2, -0.15) is 0 Å². The van der Waals surface area contributed by atoms with Crippen molar-refractivity contribution >= 4 is 17.7 Å². The maximum atomic E-state index is 12.5. The lowest BCUT2D eigenvalue weighted by Gasteiger charge is -2.22. The van der Waals surface area contributed by atoms with Crippen LogP contribution in [0.3, 0.4) is 0 Å². The Morgan fingerprint density at radius 2 is 2.00 bits per heavy atom. The van der Waals surface area contributed by atoms with Gasteiger partial charge in [-0.1, -0.05) is 23.9 Å². The summed E-state index contributed by atoms with van der Waals surface area (Å²) in [6.45, 7) is 11.6. The van der Waals surface area contributed by atoms with Crippen LogP contribution < -0.4 is 0 Å². The van der Waals surface area contributed by atoms with Crippen molar-refractivity contribution in [3.05, 3.63) is 41.7 Å². The summed E-state index contributed by atoms with van der Waals surface area (Å²) in [6, 6.07) is 6.37. The predicted octanol–water partition coefficient (Wildman–Crippen LogP) is 3.84. The van der Waals surface area contributed by atoms with Crippen molar-refractivity contribution in [2.24, 2.45) is 0 Å². The molecule has 1 atom stereocenters. The zero-order valence-corrected chi connectivity index (χ0v) is 15.4. The number of hydrogen-bond acceptors (Lipinski definition) is 3. The second kappa shape index (κ2) is 7.68. The third kappa shape index (κ3) is 3.96. The van der Waals surface area contributed by atoms with E-state index in [1.165, 1.54) is 22.9 Å². The highest BCUT2D eigenvalue weighted by Crippen LogP contribution is 2.27. The molecule has 0 saturated heterocycles.